The van der Waals surface area contributed by atoms with Crippen molar-refractivity contribution in [2.75, 3.05) is 32.8 Å². The largest absolute Gasteiger partial charge is 0.381 e. The number of carbonyl (C=O) groups is 1. The maximum atomic E-state index is 11.9. The molecule has 0 bridgehead atoms. The van der Waals surface area contributed by atoms with Crippen molar-refractivity contribution in [1.82, 2.24) is 10.6 Å². The molecule has 19 heavy (non-hydrogen) atoms. The first-order valence-corrected chi connectivity index (χ1v) is 7.73. The highest BCUT2D eigenvalue weighted by atomic mass is 16.5. The topological polar surface area (TPSA) is 50.4 Å². The molecule has 2 saturated heterocycles. The molecule has 1 amide bonds. The Kier molecular flexibility index (Phi) is 5.64. The molecule has 2 aliphatic rings. The fourth-order valence-electron chi connectivity index (χ4n) is 2.95. The molecule has 1 atom stereocenters. The van der Waals surface area contributed by atoms with Crippen LogP contribution in [0, 0.1) is 11.3 Å². The van der Waals surface area contributed by atoms with E-state index in [-0.39, 0.29) is 11.3 Å². The number of rotatable bonds is 5. The summed E-state index contributed by atoms with van der Waals surface area (Å²) in [4.78, 5) is 11.9. The minimum atomic E-state index is 0.221. The second-order valence-corrected chi connectivity index (χ2v) is 6.45. The van der Waals surface area contributed by atoms with E-state index < -0.39 is 0 Å². The van der Waals surface area contributed by atoms with Crippen molar-refractivity contribution in [3.05, 3.63) is 0 Å². The fourth-order valence-corrected chi connectivity index (χ4v) is 2.95. The highest BCUT2D eigenvalue weighted by Gasteiger charge is 2.27. The van der Waals surface area contributed by atoms with Crippen LogP contribution in [0.15, 0.2) is 0 Å². The van der Waals surface area contributed by atoms with Gasteiger partial charge in [-0.05, 0) is 56.5 Å². The van der Waals surface area contributed by atoms with Gasteiger partial charge in [-0.25, -0.2) is 0 Å². The molecule has 2 heterocycles. The highest BCUT2D eigenvalue weighted by molar-refractivity contribution is 5.75. The molecule has 0 radical (unpaired) electrons. The molecule has 4 heteroatoms. The standard InChI is InChI=1S/C15H28N2O2/c1-15(6-9-19-10-7-15)12-17-14(18)5-4-13-3-2-8-16-11-13/h13,16H,2-12H2,1H3,(H,17,18). The van der Waals surface area contributed by atoms with Crippen LogP contribution in [0.4, 0.5) is 0 Å². The molecular weight excluding hydrogens is 240 g/mol. The van der Waals surface area contributed by atoms with Crippen LogP contribution >= 0.6 is 0 Å². The average molecular weight is 268 g/mol. The Labute approximate surface area is 116 Å². The first-order chi connectivity index (χ1) is 9.18. The molecule has 1 unspecified atom stereocenters. The van der Waals surface area contributed by atoms with E-state index in [1.165, 1.54) is 12.8 Å². The van der Waals surface area contributed by atoms with Gasteiger partial charge >= 0.3 is 0 Å². The number of hydrogen-bond donors (Lipinski definition) is 2. The Morgan fingerprint density at radius 3 is 2.89 bits per heavy atom. The average Bonchev–Trinajstić information content (AvgIpc) is 2.45. The zero-order valence-corrected chi connectivity index (χ0v) is 12.2. The number of hydrogen-bond acceptors (Lipinski definition) is 3. The van der Waals surface area contributed by atoms with E-state index in [4.69, 9.17) is 4.74 Å². The lowest BCUT2D eigenvalue weighted by molar-refractivity contribution is -0.122. The van der Waals surface area contributed by atoms with Gasteiger partial charge in [0, 0.05) is 26.2 Å². The zero-order chi connectivity index (χ0) is 13.6. The number of piperidine rings is 1. The van der Waals surface area contributed by atoms with E-state index in [2.05, 4.69) is 17.6 Å². The van der Waals surface area contributed by atoms with E-state index in [9.17, 15) is 4.79 Å². The maximum Gasteiger partial charge on any atom is 0.220 e. The summed E-state index contributed by atoms with van der Waals surface area (Å²) >= 11 is 0. The van der Waals surface area contributed by atoms with Crippen molar-refractivity contribution >= 4 is 5.91 Å². The van der Waals surface area contributed by atoms with Gasteiger partial charge in [0.2, 0.25) is 5.91 Å². The van der Waals surface area contributed by atoms with Crippen molar-refractivity contribution in [3.8, 4) is 0 Å². The van der Waals surface area contributed by atoms with E-state index >= 15 is 0 Å². The monoisotopic (exact) mass is 268 g/mol. The molecule has 2 rings (SSSR count). The van der Waals surface area contributed by atoms with Crippen LogP contribution in [0.1, 0.15) is 45.4 Å². The lowest BCUT2D eigenvalue weighted by atomic mass is 9.82. The van der Waals surface area contributed by atoms with Gasteiger partial charge in [-0.3, -0.25) is 4.79 Å². The Hall–Kier alpha value is -0.610. The predicted octanol–water partition coefficient (Wildman–Crippen LogP) is 1.70. The molecule has 110 valence electrons. The molecule has 4 nitrogen and oxygen atoms in total. The normalized spacial score (nSPS) is 26.9. The van der Waals surface area contributed by atoms with Crippen LogP contribution in [-0.4, -0.2) is 38.8 Å². The Morgan fingerprint density at radius 2 is 2.21 bits per heavy atom. The highest BCUT2D eigenvalue weighted by Crippen LogP contribution is 2.28. The molecule has 0 aromatic rings. The van der Waals surface area contributed by atoms with Crippen molar-refractivity contribution in [2.45, 2.75) is 45.4 Å². The van der Waals surface area contributed by atoms with Gasteiger partial charge in [-0.15, -0.1) is 0 Å². The summed E-state index contributed by atoms with van der Waals surface area (Å²) in [5.41, 5.74) is 0.236. The molecule has 0 saturated carbocycles. The number of carbonyl (C=O) groups excluding carboxylic acids is 1. The summed E-state index contributed by atoms with van der Waals surface area (Å²) in [6, 6.07) is 0. The van der Waals surface area contributed by atoms with E-state index in [0.29, 0.717) is 12.3 Å². The SMILES string of the molecule is CC1(CNC(=O)CCC2CCCNC2)CCOCC1. The van der Waals surface area contributed by atoms with Gasteiger partial charge in [0.1, 0.15) is 0 Å². The number of amides is 1. The molecule has 2 fully saturated rings. The van der Waals surface area contributed by atoms with Crippen LogP contribution in [0.2, 0.25) is 0 Å². The third kappa shape index (κ3) is 5.11. The van der Waals surface area contributed by atoms with Crippen LogP contribution in [-0.2, 0) is 9.53 Å². The molecule has 0 spiro atoms. The lowest BCUT2D eigenvalue weighted by Gasteiger charge is -2.33. The Bertz CT molecular complexity index is 282. The van der Waals surface area contributed by atoms with Crippen LogP contribution < -0.4 is 10.6 Å². The first kappa shape index (κ1) is 14.8. The quantitative estimate of drug-likeness (QED) is 0.798. The van der Waals surface area contributed by atoms with Crippen LogP contribution in [0.25, 0.3) is 0 Å². The first-order valence-electron chi connectivity index (χ1n) is 7.73. The van der Waals surface area contributed by atoms with E-state index in [0.717, 1.165) is 52.1 Å². The minimum Gasteiger partial charge on any atom is -0.381 e. The van der Waals surface area contributed by atoms with Gasteiger partial charge in [0.15, 0.2) is 0 Å². The summed E-state index contributed by atoms with van der Waals surface area (Å²) in [6.07, 6.45) is 6.34. The van der Waals surface area contributed by atoms with Crippen molar-refractivity contribution in [2.24, 2.45) is 11.3 Å². The summed E-state index contributed by atoms with van der Waals surface area (Å²) in [5.74, 6) is 0.913. The molecule has 0 aromatic heterocycles. The Balaban J connectivity index is 1.61. The van der Waals surface area contributed by atoms with E-state index in [1.54, 1.807) is 0 Å². The smallest absolute Gasteiger partial charge is 0.220 e. The van der Waals surface area contributed by atoms with Crippen molar-refractivity contribution in [3.63, 3.8) is 0 Å². The Morgan fingerprint density at radius 1 is 1.42 bits per heavy atom. The van der Waals surface area contributed by atoms with Crippen molar-refractivity contribution in [1.29, 1.82) is 0 Å². The van der Waals surface area contributed by atoms with E-state index in [1.807, 2.05) is 0 Å². The second-order valence-electron chi connectivity index (χ2n) is 6.45. The lowest BCUT2D eigenvalue weighted by Crippen LogP contribution is -2.39. The molecule has 2 N–H and O–H groups in total. The van der Waals surface area contributed by atoms with Crippen molar-refractivity contribution < 1.29 is 9.53 Å². The van der Waals surface area contributed by atoms with Gasteiger partial charge in [0.25, 0.3) is 0 Å². The molecule has 0 aliphatic carbocycles. The summed E-state index contributed by atoms with van der Waals surface area (Å²) in [5, 5.41) is 6.52. The van der Waals surface area contributed by atoms with Gasteiger partial charge in [-0.2, -0.15) is 0 Å². The van der Waals surface area contributed by atoms with Crippen LogP contribution in [0.3, 0.4) is 0 Å². The van der Waals surface area contributed by atoms with Crippen LogP contribution in [0.5, 0.6) is 0 Å². The third-order valence-electron chi connectivity index (χ3n) is 4.59. The summed E-state index contributed by atoms with van der Waals surface area (Å²) < 4.78 is 5.38. The zero-order valence-electron chi connectivity index (χ0n) is 12.2. The number of ether oxygens (including phenoxy) is 1. The molecule has 0 aromatic carbocycles. The summed E-state index contributed by atoms with van der Waals surface area (Å²) in [6.45, 7) is 6.95. The van der Waals surface area contributed by atoms with Gasteiger partial charge < -0.3 is 15.4 Å². The molecule has 2 aliphatic heterocycles. The third-order valence-corrected chi connectivity index (χ3v) is 4.59. The fraction of sp³-hybridized carbons (Fsp3) is 0.933. The number of nitrogens with one attached hydrogen (secondary N) is 2. The van der Waals surface area contributed by atoms with Gasteiger partial charge in [0.05, 0.1) is 0 Å². The molecular formula is C15H28N2O2. The summed E-state index contributed by atoms with van der Waals surface area (Å²) in [7, 11) is 0. The second kappa shape index (κ2) is 7.25. The predicted molar refractivity (Wildman–Crippen MR) is 76.0 cm³/mol. The minimum absolute atomic E-state index is 0.221. The van der Waals surface area contributed by atoms with Gasteiger partial charge in [-0.1, -0.05) is 6.92 Å². The maximum absolute atomic E-state index is 11.9.